The highest BCUT2D eigenvalue weighted by Gasteiger charge is 2.21. The number of rotatable bonds is 5. The van der Waals surface area contributed by atoms with Gasteiger partial charge in [-0.25, -0.2) is 0 Å². The van der Waals surface area contributed by atoms with E-state index in [1.54, 1.807) is 0 Å². The molecule has 1 aromatic carbocycles. The van der Waals surface area contributed by atoms with Crippen molar-refractivity contribution < 1.29 is 4.74 Å². The molecule has 0 saturated carbocycles. The zero-order valence-corrected chi connectivity index (χ0v) is 12.5. The average Bonchev–Trinajstić information content (AvgIpc) is 2.40. The van der Waals surface area contributed by atoms with Gasteiger partial charge in [-0.05, 0) is 42.9 Å². The molecule has 19 heavy (non-hydrogen) atoms. The van der Waals surface area contributed by atoms with Gasteiger partial charge in [0.15, 0.2) is 0 Å². The van der Waals surface area contributed by atoms with Gasteiger partial charge in [0, 0.05) is 18.3 Å². The molecule has 1 fully saturated rings. The largest absolute Gasteiger partial charge is 0.382 e. The number of hydrogen-bond donors (Lipinski definition) is 1. The van der Waals surface area contributed by atoms with Gasteiger partial charge < -0.3 is 10.1 Å². The van der Waals surface area contributed by atoms with Gasteiger partial charge in [-0.1, -0.05) is 39.3 Å². The van der Waals surface area contributed by atoms with Gasteiger partial charge in [0.25, 0.3) is 0 Å². The molecule has 2 nitrogen and oxygen atoms in total. The van der Waals surface area contributed by atoms with Gasteiger partial charge in [0.05, 0.1) is 6.10 Å². The summed E-state index contributed by atoms with van der Waals surface area (Å²) in [6, 6.07) is 9.39. The van der Waals surface area contributed by atoms with Crippen LogP contribution in [0, 0.1) is 0 Å². The summed E-state index contributed by atoms with van der Waals surface area (Å²) in [5.41, 5.74) is 2.66. The minimum absolute atomic E-state index is 0.449. The fourth-order valence-corrected chi connectivity index (χ4v) is 2.76. The lowest BCUT2D eigenvalue weighted by Crippen LogP contribution is -2.34. The van der Waals surface area contributed by atoms with Crippen LogP contribution in [0.4, 0.5) is 5.69 Å². The number of benzene rings is 1. The predicted molar refractivity (Wildman–Crippen MR) is 81.8 cm³/mol. The molecule has 0 aliphatic carbocycles. The Bertz CT molecular complexity index is 387. The number of ether oxygens (including phenoxy) is 1. The first-order valence-corrected chi connectivity index (χ1v) is 7.67. The average molecular weight is 261 g/mol. The molecule has 0 bridgehead atoms. The molecule has 0 aromatic heterocycles. The maximum absolute atomic E-state index is 5.81. The molecule has 2 unspecified atom stereocenters. The molecule has 1 N–H and O–H groups in total. The van der Waals surface area contributed by atoms with Crippen LogP contribution in [0.25, 0.3) is 0 Å². The molecule has 1 aliphatic rings. The summed E-state index contributed by atoms with van der Waals surface area (Å²) in [5.74, 6) is 0.587. The third-order valence-corrected chi connectivity index (χ3v) is 3.90. The molecule has 106 valence electrons. The van der Waals surface area contributed by atoms with E-state index in [2.05, 4.69) is 50.4 Å². The first-order chi connectivity index (χ1) is 9.19. The Labute approximate surface area is 117 Å². The van der Waals surface area contributed by atoms with Crippen molar-refractivity contribution in [2.24, 2.45) is 0 Å². The summed E-state index contributed by atoms with van der Waals surface area (Å²) in [6.07, 6.45) is 5.10. The molecule has 2 heteroatoms. The van der Waals surface area contributed by atoms with Gasteiger partial charge in [-0.3, -0.25) is 0 Å². The Morgan fingerprint density at radius 2 is 2.21 bits per heavy atom. The maximum Gasteiger partial charge on any atom is 0.0594 e. The molecule has 1 heterocycles. The molecule has 0 radical (unpaired) electrons. The van der Waals surface area contributed by atoms with E-state index < -0.39 is 0 Å². The van der Waals surface area contributed by atoms with E-state index in [1.165, 1.54) is 24.1 Å². The molecule has 1 saturated heterocycles. The molecule has 1 aliphatic heterocycles. The Hall–Kier alpha value is -1.02. The molecule has 0 amide bonds. The summed E-state index contributed by atoms with van der Waals surface area (Å²) in [7, 11) is 0. The fourth-order valence-electron chi connectivity index (χ4n) is 2.76. The molecule has 1 aromatic rings. The fraction of sp³-hybridized carbons (Fsp3) is 0.647. The van der Waals surface area contributed by atoms with Crippen molar-refractivity contribution in [1.82, 2.24) is 0 Å². The second-order valence-electron chi connectivity index (χ2n) is 5.93. The van der Waals surface area contributed by atoms with Gasteiger partial charge in [-0.2, -0.15) is 0 Å². The van der Waals surface area contributed by atoms with Crippen molar-refractivity contribution in [3.05, 3.63) is 29.8 Å². The number of hydrogen-bond acceptors (Lipinski definition) is 2. The Balaban J connectivity index is 1.94. The molecular weight excluding hydrogens is 234 g/mol. The van der Waals surface area contributed by atoms with Crippen LogP contribution in [0.1, 0.15) is 57.9 Å². The molecule has 2 atom stereocenters. The van der Waals surface area contributed by atoms with Crippen molar-refractivity contribution in [3.63, 3.8) is 0 Å². The summed E-state index contributed by atoms with van der Waals surface area (Å²) < 4.78 is 5.81. The van der Waals surface area contributed by atoms with Crippen LogP contribution in [0.2, 0.25) is 0 Å². The molecule has 0 spiro atoms. The van der Waals surface area contributed by atoms with Crippen molar-refractivity contribution in [2.75, 3.05) is 11.9 Å². The zero-order chi connectivity index (χ0) is 13.7. The lowest BCUT2D eigenvalue weighted by molar-refractivity contribution is 0.00598. The predicted octanol–water partition coefficient (Wildman–Crippen LogP) is 4.57. The quantitative estimate of drug-likeness (QED) is 0.838. The zero-order valence-electron chi connectivity index (χ0n) is 12.5. The van der Waals surface area contributed by atoms with E-state index in [0.29, 0.717) is 18.1 Å². The van der Waals surface area contributed by atoms with E-state index in [0.717, 1.165) is 19.4 Å². The van der Waals surface area contributed by atoms with Crippen molar-refractivity contribution in [1.29, 1.82) is 0 Å². The van der Waals surface area contributed by atoms with E-state index in [9.17, 15) is 0 Å². The highest BCUT2D eigenvalue weighted by molar-refractivity contribution is 5.47. The van der Waals surface area contributed by atoms with Crippen LogP contribution >= 0.6 is 0 Å². The SMILES string of the molecule is CCCC1CC(Nc2cccc(C(C)C)c2)CCO1. The number of nitrogens with one attached hydrogen (secondary N) is 1. The van der Waals surface area contributed by atoms with Gasteiger partial charge in [0.1, 0.15) is 0 Å². The lowest BCUT2D eigenvalue weighted by Gasteiger charge is -2.30. The lowest BCUT2D eigenvalue weighted by atomic mass is 9.99. The van der Waals surface area contributed by atoms with Crippen molar-refractivity contribution >= 4 is 5.69 Å². The van der Waals surface area contributed by atoms with Crippen LogP contribution in [0.15, 0.2) is 24.3 Å². The third-order valence-electron chi connectivity index (χ3n) is 3.90. The first-order valence-electron chi connectivity index (χ1n) is 7.67. The monoisotopic (exact) mass is 261 g/mol. The van der Waals surface area contributed by atoms with Gasteiger partial charge in [0.2, 0.25) is 0 Å². The second kappa shape index (κ2) is 6.95. The summed E-state index contributed by atoms with van der Waals surface area (Å²) in [4.78, 5) is 0. The van der Waals surface area contributed by atoms with Crippen LogP contribution < -0.4 is 5.32 Å². The van der Waals surface area contributed by atoms with Crippen LogP contribution in [-0.4, -0.2) is 18.8 Å². The molecule has 2 rings (SSSR count). The molecular formula is C17H27NO. The van der Waals surface area contributed by atoms with Crippen molar-refractivity contribution in [2.45, 2.75) is 64.5 Å². The van der Waals surface area contributed by atoms with E-state index >= 15 is 0 Å². The van der Waals surface area contributed by atoms with Crippen LogP contribution in [0.5, 0.6) is 0 Å². The maximum atomic E-state index is 5.81. The number of anilines is 1. The standard InChI is InChI=1S/C17H27NO/c1-4-6-17-12-16(9-10-19-17)18-15-8-5-7-14(11-15)13(2)3/h5,7-8,11,13,16-18H,4,6,9-10,12H2,1-3H3. The third kappa shape index (κ3) is 4.24. The van der Waals surface area contributed by atoms with E-state index in [1.807, 2.05) is 0 Å². The van der Waals surface area contributed by atoms with Crippen LogP contribution in [-0.2, 0) is 4.74 Å². The summed E-state index contributed by atoms with van der Waals surface area (Å²) >= 11 is 0. The Morgan fingerprint density at radius 1 is 1.37 bits per heavy atom. The minimum atomic E-state index is 0.449. The second-order valence-corrected chi connectivity index (χ2v) is 5.93. The van der Waals surface area contributed by atoms with Gasteiger partial charge >= 0.3 is 0 Å². The topological polar surface area (TPSA) is 21.3 Å². The first kappa shape index (κ1) is 14.4. The van der Waals surface area contributed by atoms with Crippen LogP contribution in [0.3, 0.4) is 0 Å². The van der Waals surface area contributed by atoms with Crippen molar-refractivity contribution in [3.8, 4) is 0 Å². The highest BCUT2D eigenvalue weighted by Crippen LogP contribution is 2.23. The van der Waals surface area contributed by atoms with Gasteiger partial charge in [-0.15, -0.1) is 0 Å². The summed E-state index contributed by atoms with van der Waals surface area (Å²) in [5, 5.41) is 3.68. The van der Waals surface area contributed by atoms with E-state index in [4.69, 9.17) is 4.74 Å². The Morgan fingerprint density at radius 3 is 2.95 bits per heavy atom. The Kier molecular flexibility index (Phi) is 5.26. The normalized spacial score (nSPS) is 23.6. The smallest absolute Gasteiger partial charge is 0.0594 e. The minimum Gasteiger partial charge on any atom is -0.382 e. The highest BCUT2D eigenvalue weighted by atomic mass is 16.5. The summed E-state index contributed by atoms with van der Waals surface area (Å²) in [6.45, 7) is 7.61. The van der Waals surface area contributed by atoms with E-state index in [-0.39, 0.29) is 0 Å².